The molecule has 0 bridgehead atoms. The average Bonchev–Trinajstić information content (AvgIpc) is 2.99. The second kappa shape index (κ2) is 13.3. The number of nitrogens with two attached hydrogens (primary N) is 1. The summed E-state index contributed by atoms with van der Waals surface area (Å²) in [5.74, 6) is -0.880. The van der Waals surface area contributed by atoms with Crippen LogP contribution in [0.5, 0.6) is 5.75 Å². The molecule has 11 nitrogen and oxygen atoms in total. The van der Waals surface area contributed by atoms with E-state index in [0.29, 0.717) is 60.1 Å². The van der Waals surface area contributed by atoms with Gasteiger partial charge >= 0.3 is 5.97 Å². The molecule has 0 aliphatic carbocycles. The van der Waals surface area contributed by atoms with Crippen molar-refractivity contribution in [2.45, 2.75) is 6.04 Å². The fourth-order valence-corrected chi connectivity index (χ4v) is 4.13. The third-order valence-electron chi connectivity index (χ3n) is 6.25. The van der Waals surface area contributed by atoms with Gasteiger partial charge in [0, 0.05) is 41.2 Å². The monoisotopic (exact) mass is 545 g/mol. The van der Waals surface area contributed by atoms with E-state index in [1.807, 2.05) is 0 Å². The minimum Gasteiger partial charge on any atom is -0.482 e. The molecule has 5 N–H and O–H groups in total. The van der Waals surface area contributed by atoms with E-state index in [2.05, 4.69) is 15.4 Å². The van der Waals surface area contributed by atoms with Gasteiger partial charge < -0.3 is 35.5 Å². The Balaban J connectivity index is 1.58. The lowest BCUT2D eigenvalue weighted by Gasteiger charge is -2.27. The summed E-state index contributed by atoms with van der Waals surface area (Å²) in [5.41, 5.74) is 8.15. The average molecular weight is 546 g/mol. The van der Waals surface area contributed by atoms with E-state index >= 15 is 0 Å². The number of anilines is 2. The van der Waals surface area contributed by atoms with Gasteiger partial charge in [-0.2, -0.15) is 0 Å². The molecule has 4 rings (SSSR count). The first-order chi connectivity index (χ1) is 19.4. The summed E-state index contributed by atoms with van der Waals surface area (Å²) in [6, 6.07) is 19.4. The molecule has 1 saturated heterocycles. The number of benzene rings is 3. The molecule has 1 aliphatic heterocycles. The number of nitrogen functional groups attached to an aromatic ring is 1. The largest absolute Gasteiger partial charge is 0.482 e. The number of carbonyl (C=O) groups is 3. The molecule has 1 aliphatic rings. The van der Waals surface area contributed by atoms with Gasteiger partial charge in [0.15, 0.2) is 6.61 Å². The number of esters is 1. The van der Waals surface area contributed by atoms with Crippen LogP contribution < -0.4 is 21.1 Å². The summed E-state index contributed by atoms with van der Waals surface area (Å²) in [4.78, 5) is 39.9. The van der Waals surface area contributed by atoms with Crippen molar-refractivity contribution in [2.24, 2.45) is 5.73 Å². The quantitative estimate of drug-likeness (QED) is 0.172. The number of hydrogen-bond acceptors (Lipinski definition) is 8. The van der Waals surface area contributed by atoms with Crippen LogP contribution in [0.3, 0.4) is 0 Å². The molecule has 3 aromatic rings. The Kier molecular flexibility index (Phi) is 9.31. The number of hydrogen-bond donors (Lipinski definition) is 4. The normalized spacial score (nSPS) is 13.6. The van der Waals surface area contributed by atoms with E-state index < -0.39 is 17.9 Å². The molecular weight excluding hydrogens is 514 g/mol. The molecule has 208 valence electrons. The molecule has 1 fully saturated rings. The Labute approximate surface area is 231 Å². The Morgan fingerprint density at radius 1 is 0.975 bits per heavy atom. The van der Waals surface area contributed by atoms with Crippen molar-refractivity contribution in [1.29, 1.82) is 5.41 Å². The first kappa shape index (κ1) is 28.1. The summed E-state index contributed by atoms with van der Waals surface area (Å²) in [6.07, 6.45) is 0. The van der Waals surface area contributed by atoms with Crippen LogP contribution in [0.1, 0.15) is 27.5 Å². The second-order valence-electron chi connectivity index (χ2n) is 8.95. The second-order valence-corrected chi connectivity index (χ2v) is 8.95. The number of para-hydroxylation sites is 1. The maximum absolute atomic E-state index is 13.7. The van der Waals surface area contributed by atoms with Crippen LogP contribution in [0.15, 0.2) is 72.8 Å². The van der Waals surface area contributed by atoms with Gasteiger partial charge in [0.05, 0.1) is 20.3 Å². The topological polar surface area (TPSA) is 156 Å². The van der Waals surface area contributed by atoms with Crippen LogP contribution in [-0.2, 0) is 19.1 Å². The van der Waals surface area contributed by atoms with Gasteiger partial charge in [0.25, 0.3) is 11.8 Å². The minimum atomic E-state index is -0.967. The fraction of sp³-hybridized carbons (Fsp3) is 0.241. The summed E-state index contributed by atoms with van der Waals surface area (Å²) in [6.45, 7) is 1.75. The smallest absolute Gasteiger partial charge is 0.343 e. The molecule has 1 atom stereocenters. The van der Waals surface area contributed by atoms with Gasteiger partial charge in [-0.05, 0) is 42.5 Å². The molecule has 1 unspecified atom stereocenters. The van der Waals surface area contributed by atoms with Crippen molar-refractivity contribution >= 4 is 35.0 Å². The van der Waals surface area contributed by atoms with Crippen molar-refractivity contribution < 1.29 is 28.6 Å². The molecule has 0 radical (unpaired) electrons. The van der Waals surface area contributed by atoms with Crippen LogP contribution in [-0.4, -0.2) is 68.5 Å². The number of morpholine rings is 1. The predicted octanol–water partition coefficient (Wildman–Crippen LogP) is 2.79. The Hall–Kier alpha value is -4.90. The third-order valence-corrected chi connectivity index (χ3v) is 6.25. The summed E-state index contributed by atoms with van der Waals surface area (Å²) in [7, 11) is 1.26. The number of methoxy groups -OCH3 is 1. The lowest BCUT2D eigenvalue weighted by atomic mass is 10.0. The minimum absolute atomic E-state index is 0.0947. The lowest BCUT2D eigenvalue weighted by Crippen LogP contribution is -2.40. The number of amidine groups is 1. The van der Waals surface area contributed by atoms with Crippen molar-refractivity contribution in [3.05, 3.63) is 89.5 Å². The van der Waals surface area contributed by atoms with E-state index in [-0.39, 0.29) is 18.3 Å². The molecule has 0 spiro atoms. The zero-order valence-corrected chi connectivity index (χ0v) is 22.0. The molecular formula is C29H31N5O6. The maximum Gasteiger partial charge on any atom is 0.343 e. The molecule has 1 heterocycles. The SMILES string of the molecule is COC(=O)COc1ccccc1C(Nc1cccc(C(=N)N)c1)C(=O)Nc1ccc(C(=O)N2CCOCC2)cc1. The number of amides is 2. The first-order valence-electron chi connectivity index (χ1n) is 12.6. The number of carbonyl (C=O) groups excluding carboxylic acids is 3. The number of nitrogens with one attached hydrogen (secondary N) is 3. The fourth-order valence-electron chi connectivity index (χ4n) is 4.13. The highest BCUT2D eigenvalue weighted by atomic mass is 16.6. The Morgan fingerprint density at radius 3 is 2.40 bits per heavy atom. The van der Waals surface area contributed by atoms with Crippen molar-refractivity contribution in [1.82, 2.24) is 4.90 Å². The van der Waals surface area contributed by atoms with Gasteiger partial charge in [-0.15, -0.1) is 0 Å². The Morgan fingerprint density at radius 2 is 1.70 bits per heavy atom. The highest BCUT2D eigenvalue weighted by molar-refractivity contribution is 6.00. The van der Waals surface area contributed by atoms with E-state index in [1.54, 1.807) is 77.7 Å². The third kappa shape index (κ3) is 7.14. The zero-order chi connectivity index (χ0) is 28.5. The summed E-state index contributed by atoms with van der Waals surface area (Å²) >= 11 is 0. The molecule has 2 amide bonds. The number of ether oxygens (including phenoxy) is 3. The highest BCUT2D eigenvalue weighted by Gasteiger charge is 2.25. The van der Waals surface area contributed by atoms with E-state index in [4.69, 9.17) is 20.6 Å². The Bertz CT molecular complexity index is 1370. The highest BCUT2D eigenvalue weighted by Crippen LogP contribution is 2.30. The molecule has 3 aromatic carbocycles. The van der Waals surface area contributed by atoms with Gasteiger partial charge in [0.1, 0.15) is 17.6 Å². The summed E-state index contributed by atoms with van der Waals surface area (Å²) < 4.78 is 15.7. The van der Waals surface area contributed by atoms with E-state index in [1.165, 1.54) is 7.11 Å². The van der Waals surface area contributed by atoms with Gasteiger partial charge in [-0.25, -0.2) is 4.79 Å². The van der Waals surface area contributed by atoms with Crippen molar-refractivity contribution in [3.8, 4) is 5.75 Å². The van der Waals surface area contributed by atoms with Gasteiger partial charge in [0.2, 0.25) is 0 Å². The number of rotatable bonds is 10. The molecule has 40 heavy (non-hydrogen) atoms. The van der Waals surface area contributed by atoms with Gasteiger partial charge in [-0.3, -0.25) is 15.0 Å². The zero-order valence-electron chi connectivity index (χ0n) is 22.0. The van der Waals surface area contributed by atoms with Crippen molar-refractivity contribution in [2.75, 3.05) is 50.7 Å². The van der Waals surface area contributed by atoms with Crippen LogP contribution >= 0.6 is 0 Å². The van der Waals surface area contributed by atoms with Crippen molar-refractivity contribution in [3.63, 3.8) is 0 Å². The van der Waals surface area contributed by atoms with Crippen LogP contribution in [0.2, 0.25) is 0 Å². The first-order valence-corrected chi connectivity index (χ1v) is 12.6. The van der Waals surface area contributed by atoms with Gasteiger partial charge in [-0.1, -0.05) is 30.3 Å². The summed E-state index contributed by atoms with van der Waals surface area (Å²) in [5, 5.41) is 13.8. The van der Waals surface area contributed by atoms with E-state index in [0.717, 1.165) is 0 Å². The molecule has 11 heteroatoms. The lowest BCUT2D eigenvalue weighted by molar-refractivity contribution is -0.142. The van der Waals surface area contributed by atoms with Crippen LogP contribution in [0.4, 0.5) is 11.4 Å². The van der Waals surface area contributed by atoms with E-state index in [9.17, 15) is 14.4 Å². The molecule has 0 saturated carbocycles. The standard InChI is InChI=1S/C29H31N5O6/c1-38-25(35)18-40-24-8-3-2-7-23(24)26(32-22-6-4-5-20(17-22)27(30)31)28(36)33-21-11-9-19(10-12-21)29(37)34-13-15-39-16-14-34/h2-12,17,26,32H,13-16,18H2,1H3,(H3,30,31)(H,33,36). The van der Waals surface area contributed by atoms with Crippen LogP contribution in [0.25, 0.3) is 0 Å². The number of nitrogens with zero attached hydrogens (tertiary/aromatic N) is 1. The predicted molar refractivity (Wildman–Crippen MR) is 150 cm³/mol. The van der Waals surface area contributed by atoms with Crippen LogP contribution in [0, 0.1) is 5.41 Å². The molecule has 0 aromatic heterocycles. The maximum atomic E-state index is 13.7.